The second kappa shape index (κ2) is 6.98. The van der Waals surface area contributed by atoms with E-state index in [4.69, 9.17) is 9.40 Å². The van der Waals surface area contributed by atoms with Crippen LogP contribution < -0.4 is 0 Å². The van der Waals surface area contributed by atoms with E-state index in [9.17, 15) is 0 Å². The molecule has 0 N–H and O–H groups in total. The first-order chi connectivity index (χ1) is 14.4. The van der Waals surface area contributed by atoms with Gasteiger partial charge in [0.2, 0.25) is 0 Å². The number of aromatic nitrogens is 1. The van der Waals surface area contributed by atoms with Gasteiger partial charge in [0, 0.05) is 27.9 Å². The third-order valence-corrected chi connectivity index (χ3v) is 6.13. The number of hydrogen-bond donors (Lipinski definition) is 0. The summed E-state index contributed by atoms with van der Waals surface area (Å²) < 4.78 is 6.42. The van der Waals surface area contributed by atoms with Crippen molar-refractivity contribution < 1.29 is 4.42 Å². The summed E-state index contributed by atoms with van der Waals surface area (Å²) >= 11 is 0. The van der Waals surface area contributed by atoms with Crippen LogP contribution in [0.1, 0.15) is 56.2 Å². The van der Waals surface area contributed by atoms with Gasteiger partial charge in [-0.1, -0.05) is 58.0 Å². The van der Waals surface area contributed by atoms with Crippen molar-refractivity contribution in [2.45, 2.75) is 46.5 Å². The van der Waals surface area contributed by atoms with Crippen LogP contribution in [0.4, 0.5) is 0 Å². The van der Waals surface area contributed by atoms with E-state index in [0.29, 0.717) is 11.8 Å². The molecule has 0 amide bonds. The summed E-state index contributed by atoms with van der Waals surface area (Å²) in [7, 11) is 0. The highest BCUT2D eigenvalue weighted by molar-refractivity contribution is 6.12. The van der Waals surface area contributed by atoms with E-state index in [1.54, 1.807) is 0 Å². The van der Waals surface area contributed by atoms with Gasteiger partial charge in [-0.2, -0.15) is 0 Å². The first kappa shape index (κ1) is 18.9. The van der Waals surface area contributed by atoms with Crippen LogP contribution in [0.5, 0.6) is 0 Å². The predicted molar refractivity (Wildman–Crippen MR) is 127 cm³/mol. The standard InChI is InChI=1S/C28H27NO/c1-16(2)19-7-9-22-20(13-19)10-11-29-27(22)25-15-21(17(3)4)14-24-23-8-6-18(5)12-26(23)30-28(24)25/h6-17H,1-5H3. The number of benzene rings is 3. The fraction of sp³-hybridized carbons (Fsp3) is 0.250. The highest BCUT2D eigenvalue weighted by Crippen LogP contribution is 2.40. The SMILES string of the molecule is Cc1ccc2c(c1)oc1c(-c3nccc4cc(C(C)C)ccc34)cc(C(C)C)cc12. The second-order valence-corrected chi connectivity index (χ2v) is 9.00. The van der Waals surface area contributed by atoms with Crippen molar-refractivity contribution in [3.8, 4) is 11.3 Å². The molecule has 2 heterocycles. The molecule has 3 aromatic carbocycles. The van der Waals surface area contributed by atoms with Crippen molar-refractivity contribution in [1.82, 2.24) is 4.98 Å². The lowest BCUT2D eigenvalue weighted by molar-refractivity contribution is 0.669. The minimum absolute atomic E-state index is 0.422. The predicted octanol–water partition coefficient (Wildman–Crippen LogP) is 8.36. The Labute approximate surface area is 177 Å². The Morgan fingerprint density at radius 3 is 2.27 bits per heavy atom. The Hall–Kier alpha value is -3.13. The molecule has 0 atom stereocenters. The first-order valence-corrected chi connectivity index (χ1v) is 10.8. The molecule has 5 aromatic rings. The smallest absolute Gasteiger partial charge is 0.144 e. The zero-order chi connectivity index (χ0) is 21.0. The van der Waals surface area contributed by atoms with Crippen molar-refractivity contribution in [3.63, 3.8) is 0 Å². The Kier molecular flexibility index (Phi) is 4.39. The molecule has 0 spiro atoms. The lowest BCUT2D eigenvalue weighted by Crippen LogP contribution is -1.93. The molecule has 0 fully saturated rings. The second-order valence-electron chi connectivity index (χ2n) is 9.00. The molecule has 0 saturated carbocycles. The number of fused-ring (bicyclic) bond motifs is 4. The average molecular weight is 394 g/mol. The van der Waals surface area contributed by atoms with Gasteiger partial charge in [-0.05, 0) is 65.1 Å². The van der Waals surface area contributed by atoms with Gasteiger partial charge in [-0.3, -0.25) is 4.98 Å². The van der Waals surface area contributed by atoms with E-state index in [-0.39, 0.29) is 0 Å². The molecule has 0 aliphatic carbocycles. The topological polar surface area (TPSA) is 26.0 Å². The molecular weight excluding hydrogens is 366 g/mol. The first-order valence-electron chi connectivity index (χ1n) is 10.8. The van der Waals surface area contributed by atoms with Crippen LogP contribution in [0.15, 0.2) is 65.2 Å². The van der Waals surface area contributed by atoms with Crippen molar-refractivity contribution >= 4 is 32.7 Å². The largest absolute Gasteiger partial charge is 0.455 e. The third-order valence-electron chi connectivity index (χ3n) is 6.13. The summed E-state index contributed by atoms with van der Waals surface area (Å²) in [4.78, 5) is 4.83. The highest BCUT2D eigenvalue weighted by Gasteiger charge is 2.18. The van der Waals surface area contributed by atoms with E-state index in [2.05, 4.69) is 89.2 Å². The van der Waals surface area contributed by atoms with Gasteiger partial charge in [-0.15, -0.1) is 0 Å². The van der Waals surface area contributed by atoms with Crippen LogP contribution in [0, 0.1) is 6.92 Å². The van der Waals surface area contributed by atoms with Crippen LogP contribution >= 0.6 is 0 Å². The van der Waals surface area contributed by atoms with Crippen molar-refractivity contribution in [2.24, 2.45) is 0 Å². The van der Waals surface area contributed by atoms with Crippen LogP contribution in [-0.4, -0.2) is 4.98 Å². The van der Waals surface area contributed by atoms with Crippen LogP contribution in [-0.2, 0) is 0 Å². The molecule has 0 unspecified atom stereocenters. The van der Waals surface area contributed by atoms with Crippen molar-refractivity contribution in [1.29, 1.82) is 0 Å². The maximum absolute atomic E-state index is 6.42. The molecule has 2 nitrogen and oxygen atoms in total. The maximum atomic E-state index is 6.42. The number of furan rings is 1. The highest BCUT2D eigenvalue weighted by atomic mass is 16.3. The Balaban J connectivity index is 1.87. The van der Waals surface area contributed by atoms with Gasteiger partial charge in [0.15, 0.2) is 0 Å². The van der Waals surface area contributed by atoms with E-state index in [1.807, 2.05) is 6.20 Å². The molecule has 0 radical (unpaired) electrons. The Bertz CT molecular complexity index is 1410. The molecule has 0 aliphatic rings. The Morgan fingerprint density at radius 2 is 1.50 bits per heavy atom. The van der Waals surface area contributed by atoms with E-state index < -0.39 is 0 Å². The van der Waals surface area contributed by atoms with Gasteiger partial charge in [-0.25, -0.2) is 0 Å². The van der Waals surface area contributed by atoms with E-state index in [1.165, 1.54) is 38.2 Å². The third kappa shape index (κ3) is 2.99. The molecule has 2 heteroatoms. The molecule has 30 heavy (non-hydrogen) atoms. The van der Waals surface area contributed by atoms with Gasteiger partial charge >= 0.3 is 0 Å². The lowest BCUT2D eigenvalue weighted by atomic mass is 9.93. The molecule has 0 saturated heterocycles. The number of nitrogens with zero attached hydrogens (tertiary/aromatic N) is 1. The van der Waals surface area contributed by atoms with Crippen molar-refractivity contribution in [2.75, 3.05) is 0 Å². The molecule has 5 rings (SSSR count). The molecular formula is C28H27NO. The summed E-state index contributed by atoms with van der Waals surface area (Å²) in [6.07, 6.45) is 1.92. The molecule has 2 aromatic heterocycles. The number of pyridine rings is 1. The minimum atomic E-state index is 0.422. The van der Waals surface area contributed by atoms with Gasteiger partial charge in [0.25, 0.3) is 0 Å². The van der Waals surface area contributed by atoms with E-state index >= 15 is 0 Å². The van der Waals surface area contributed by atoms with Crippen LogP contribution in [0.25, 0.3) is 44.0 Å². The summed E-state index contributed by atoms with van der Waals surface area (Å²) in [5, 5.41) is 4.73. The summed E-state index contributed by atoms with van der Waals surface area (Å²) in [5.41, 5.74) is 7.79. The van der Waals surface area contributed by atoms with Gasteiger partial charge in [0.1, 0.15) is 11.2 Å². The zero-order valence-corrected chi connectivity index (χ0v) is 18.3. The number of rotatable bonds is 3. The normalized spacial score (nSPS) is 12.1. The quantitative estimate of drug-likeness (QED) is 0.308. The van der Waals surface area contributed by atoms with Crippen molar-refractivity contribution in [3.05, 3.63) is 77.5 Å². The maximum Gasteiger partial charge on any atom is 0.144 e. The van der Waals surface area contributed by atoms with Crippen LogP contribution in [0.2, 0.25) is 0 Å². The minimum Gasteiger partial charge on any atom is -0.455 e. The number of aryl methyl sites for hydroxylation is 1. The molecule has 0 aliphatic heterocycles. The zero-order valence-electron chi connectivity index (χ0n) is 18.3. The lowest BCUT2D eigenvalue weighted by Gasteiger charge is -2.13. The fourth-order valence-corrected chi connectivity index (χ4v) is 4.29. The summed E-state index contributed by atoms with van der Waals surface area (Å²) in [6.45, 7) is 11.0. The van der Waals surface area contributed by atoms with Gasteiger partial charge < -0.3 is 4.42 Å². The summed E-state index contributed by atoms with van der Waals surface area (Å²) in [6, 6.07) is 19.8. The molecule has 150 valence electrons. The van der Waals surface area contributed by atoms with E-state index in [0.717, 1.165) is 22.4 Å². The average Bonchev–Trinajstić information content (AvgIpc) is 3.09. The molecule has 0 bridgehead atoms. The monoisotopic (exact) mass is 393 g/mol. The van der Waals surface area contributed by atoms with Crippen LogP contribution in [0.3, 0.4) is 0 Å². The summed E-state index contributed by atoms with van der Waals surface area (Å²) in [5.74, 6) is 0.923. The number of hydrogen-bond acceptors (Lipinski definition) is 2. The van der Waals surface area contributed by atoms with Gasteiger partial charge in [0.05, 0.1) is 5.69 Å². The Morgan fingerprint density at radius 1 is 0.733 bits per heavy atom. The fourth-order valence-electron chi connectivity index (χ4n) is 4.29.